The van der Waals surface area contributed by atoms with E-state index in [-0.39, 0.29) is 250 Å². The average molecular weight is 2050 g/mol. The Labute approximate surface area is 869 Å². The topological polar surface area (TPSA) is 441 Å². The van der Waals surface area contributed by atoms with Crippen LogP contribution in [0.3, 0.4) is 0 Å². The minimum atomic E-state index is -1.04. The number of carbonyl (C=O) groups excluding carboxylic acids is 6. The lowest BCUT2D eigenvalue weighted by Crippen LogP contribution is -2.70. The van der Waals surface area contributed by atoms with Crippen molar-refractivity contribution in [2.45, 2.75) is 507 Å². The normalized spacial score (nSPS) is 41.3. The highest BCUT2D eigenvalue weighted by molar-refractivity contribution is 5.77. The number of esters is 6. The van der Waals surface area contributed by atoms with Gasteiger partial charge in [0, 0.05) is 111 Å². The molecule has 0 aromatic heterocycles. The molecule has 26 nitrogen and oxygen atoms in total. The molecule has 24 fully saturated rings. The number of rotatable bonds is 30. The largest absolute Gasteiger partial charge is 0.465 e. The van der Waals surface area contributed by atoms with Crippen LogP contribution in [-0.4, -0.2) is 231 Å². The summed E-state index contributed by atoms with van der Waals surface area (Å²) in [5.74, 6) is 0.828. The Morgan fingerprint density at radius 2 is 0.371 bits per heavy atom. The van der Waals surface area contributed by atoms with E-state index >= 15 is 0 Å². The van der Waals surface area contributed by atoms with E-state index in [9.17, 15) is 100 Å². The first kappa shape index (κ1) is 137. The Kier molecular flexibility index (Phi) is 46.0. The molecular weight excluding hydrogens is 1820 g/mol. The van der Waals surface area contributed by atoms with Crippen molar-refractivity contribution < 1.29 is 129 Å². The van der Waals surface area contributed by atoms with Crippen molar-refractivity contribution in [3.05, 3.63) is 0 Å². The van der Waals surface area contributed by atoms with Crippen molar-refractivity contribution in [1.29, 1.82) is 0 Å². The van der Waals surface area contributed by atoms with E-state index in [1.165, 1.54) is 0 Å². The quantitative estimate of drug-likeness (QED) is 0.0235. The number of hydrogen-bond donors (Lipinski definition) is 14. The molecule has 0 spiro atoms. The van der Waals surface area contributed by atoms with Gasteiger partial charge in [-0.15, -0.1) is 0 Å². The van der Waals surface area contributed by atoms with Crippen LogP contribution in [0.25, 0.3) is 0 Å². The van der Waals surface area contributed by atoms with Crippen molar-refractivity contribution in [3.8, 4) is 0 Å². The smallest absolute Gasteiger partial charge is 0.311 e. The Morgan fingerprint density at radius 1 is 0.224 bits per heavy atom. The minimum absolute atomic E-state index is 0. The minimum Gasteiger partial charge on any atom is -0.465 e. The molecule has 26 heteroatoms. The van der Waals surface area contributed by atoms with Crippen LogP contribution in [-0.2, 0) is 57.2 Å². The summed E-state index contributed by atoms with van der Waals surface area (Å²) in [6.45, 7) is 32.1. The van der Waals surface area contributed by atoms with Gasteiger partial charge in [0.25, 0.3) is 0 Å². The molecule has 0 aliphatic heterocycles. The highest BCUT2D eigenvalue weighted by atomic mass is 16.6. The second kappa shape index (κ2) is 47.9. The van der Waals surface area contributed by atoms with Gasteiger partial charge in [0.2, 0.25) is 0 Å². The number of hydrogen-bond acceptors (Lipinski definition) is 26. The van der Waals surface area contributed by atoms with Gasteiger partial charge in [-0.25, -0.2) is 0 Å². The lowest BCUT2D eigenvalue weighted by Gasteiger charge is -2.66. The summed E-state index contributed by atoms with van der Waals surface area (Å²) in [7, 11) is 0. The summed E-state index contributed by atoms with van der Waals surface area (Å²) in [5.41, 5.74) is -10.7. The SMILES string of the molecule is C.C.C.C.C.C.C.C.C.C.C.C.CCC(C)(C)C(=O)OCC12CC3(O)CC(O)(CC(O)(C3)C1)C2.CCC(C)(C)C(=O)OCC12CC3CC(CO)(CC(CO)(C3)C1)C2.CCC(C)(C)C(=O)OCC12CC3CC(O)(CC(CO)(C3)C1)C2.CCC(C)C(=O)OCC12CC3(O)CC(O)(CC(O)(C3)C1)C2.CCC(C)C(=O)OCC12CC3CC(CO)(CC(CO)(C3)C1)C2.CCC(C)C(=O)OCC12CC3CC(O)(CC(CO)(C3)C1)C2. The number of ether oxygens (including phenoxy) is 6. The Morgan fingerprint density at radius 3 is 0.559 bits per heavy atom. The molecule has 143 heavy (non-hydrogen) atoms. The molecule has 24 aliphatic rings. The predicted molar refractivity (Wildman–Crippen MR) is 569 cm³/mol. The van der Waals surface area contributed by atoms with E-state index in [1.807, 2.05) is 104 Å². The highest BCUT2D eigenvalue weighted by Crippen LogP contribution is 2.74. The monoisotopic (exact) mass is 2040 g/mol. The molecule has 15 unspecified atom stereocenters. The standard InChI is InChI=1S/C19H32O4.2C18H30O4.C17H28O5.C17H28O4.C16H26O5.12CH4/c1-4-16(2,3)15(22)23-13-19-7-14-5-17(9-19,11-20)8-18(6-14,10-19)12-21;1-4-15(2,3)14(20)22-12-17-6-13-5-16(8-17,11-19)9-18(21,7-13)10-17;1-3-13(2)15(21)22-12-18-6-14-4-16(8-18,10-19)7-17(5-14,9-18)11-20;1-4-13(2,3)12(18)22-11-14-5-15(19)8-16(20,6-14)10-17(21,7-14)9-15;1-3-12(2)14(19)21-11-16-5-13-4-15(7-16,10-18)8-17(20,6-13)9-16;1-3-11(2)12(17)21-10-13-4-14(18)7-15(19,5-13)9-16(20,6-13)8-14;;;;;;;;;;;;/h14,20-21H,4-13H2,1-3H3;13,19,21H,4-12H2,1-3H3;13-14,19-20H,3-12H2,1-2H3;19-21H,4-11H2,1-3H3;12-13,18,20H,3-11H2,1-2H3;11,18-20H,3-10H2,1-2H3;12*1H4. The lowest BCUT2D eigenvalue weighted by atomic mass is 9.40. The predicted octanol–water partition coefficient (Wildman–Crippen LogP) is 20.7. The highest BCUT2D eigenvalue weighted by Gasteiger charge is 2.72. The van der Waals surface area contributed by atoms with Crippen LogP contribution in [0.15, 0.2) is 0 Å². The molecule has 0 saturated heterocycles. The summed E-state index contributed by atoms with van der Waals surface area (Å²) in [4.78, 5) is 72.8. The van der Waals surface area contributed by atoms with E-state index in [4.69, 9.17) is 28.4 Å². The third-order valence-corrected chi connectivity index (χ3v) is 38.0. The average Bonchev–Trinajstić information content (AvgIpc) is 0.717. The third-order valence-electron chi connectivity index (χ3n) is 38.0. The first-order valence-electron chi connectivity index (χ1n) is 51.1. The van der Waals surface area contributed by atoms with E-state index in [2.05, 4.69) is 0 Å². The van der Waals surface area contributed by atoms with Crippen molar-refractivity contribution >= 4 is 35.8 Å². The van der Waals surface area contributed by atoms with Crippen molar-refractivity contribution in [1.82, 2.24) is 0 Å². The zero-order chi connectivity index (χ0) is 96.4. The fourth-order valence-corrected chi connectivity index (χ4v) is 34.3. The van der Waals surface area contributed by atoms with E-state index in [1.54, 1.807) is 0 Å². The number of aliphatic hydroxyl groups is 14. The fourth-order valence-electron chi connectivity index (χ4n) is 34.3. The van der Waals surface area contributed by atoms with E-state index < -0.39 is 71.9 Å². The maximum atomic E-state index is 12.4. The van der Waals surface area contributed by atoms with Gasteiger partial charge in [0.05, 0.1) is 118 Å². The maximum Gasteiger partial charge on any atom is 0.311 e. The molecule has 24 aliphatic carbocycles. The van der Waals surface area contributed by atoms with Crippen LogP contribution in [0.1, 0.15) is 463 Å². The molecule has 14 N–H and O–H groups in total. The molecule has 0 heterocycles. The van der Waals surface area contributed by atoms with Gasteiger partial charge in [-0.3, -0.25) is 28.8 Å². The second-order valence-electron chi connectivity index (χ2n) is 53.1. The third kappa shape index (κ3) is 28.7. The molecule has 0 aromatic carbocycles. The van der Waals surface area contributed by atoms with E-state index in [0.29, 0.717) is 146 Å². The first-order valence-corrected chi connectivity index (χ1v) is 51.1. The van der Waals surface area contributed by atoms with E-state index in [0.717, 1.165) is 173 Å². The van der Waals surface area contributed by atoms with Crippen LogP contribution in [0.4, 0.5) is 0 Å². The zero-order valence-corrected chi connectivity index (χ0v) is 82.9. The van der Waals surface area contributed by atoms with Gasteiger partial charge in [0.1, 0.15) is 0 Å². The molecule has 24 rings (SSSR count). The van der Waals surface area contributed by atoms with Crippen molar-refractivity contribution in [3.63, 3.8) is 0 Å². The molecular formula is C117H222O26. The van der Waals surface area contributed by atoms with Gasteiger partial charge in [0.15, 0.2) is 0 Å². The molecule has 0 amide bonds. The van der Waals surface area contributed by atoms with Gasteiger partial charge in [-0.1, -0.05) is 151 Å². The molecule has 0 radical (unpaired) electrons. The van der Waals surface area contributed by atoms with Crippen LogP contribution < -0.4 is 0 Å². The van der Waals surface area contributed by atoms with Gasteiger partial charge in [-0.2, -0.15) is 0 Å². The van der Waals surface area contributed by atoms with Gasteiger partial charge in [-0.05, 0) is 329 Å². The molecule has 15 atom stereocenters. The van der Waals surface area contributed by atoms with Gasteiger partial charge >= 0.3 is 35.8 Å². The zero-order valence-electron chi connectivity index (χ0n) is 82.9. The number of carbonyl (C=O) groups is 6. The molecule has 24 bridgehead atoms. The van der Waals surface area contributed by atoms with Crippen LogP contribution in [0.2, 0.25) is 0 Å². The van der Waals surface area contributed by atoms with Crippen LogP contribution in [0.5, 0.6) is 0 Å². The molecule has 846 valence electrons. The lowest BCUT2D eigenvalue weighted by molar-refractivity contribution is -0.287. The van der Waals surface area contributed by atoms with Crippen LogP contribution >= 0.6 is 0 Å². The fraction of sp³-hybridized carbons (Fsp3) is 0.949. The summed E-state index contributed by atoms with van der Waals surface area (Å²) in [6, 6.07) is 0. The summed E-state index contributed by atoms with van der Waals surface area (Å²) in [5, 5.41) is 146. The summed E-state index contributed by atoms with van der Waals surface area (Å²) < 4.78 is 33.7. The first-order chi connectivity index (χ1) is 60.6. The number of aliphatic hydroxyl groups excluding tert-OH is 6. The maximum absolute atomic E-state index is 12.4. The van der Waals surface area contributed by atoms with Crippen molar-refractivity contribution in [2.24, 2.45) is 123 Å². The van der Waals surface area contributed by atoms with Crippen LogP contribution in [0, 0.1) is 123 Å². The Balaban J connectivity index is 0.000000844. The Hall–Kier alpha value is -3.74. The summed E-state index contributed by atoms with van der Waals surface area (Å²) in [6.07, 6.45) is 32.0. The summed E-state index contributed by atoms with van der Waals surface area (Å²) >= 11 is 0. The van der Waals surface area contributed by atoms with Crippen molar-refractivity contribution in [2.75, 3.05) is 79.3 Å². The molecule has 0 aromatic rings. The second-order valence-corrected chi connectivity index (χ2v) is 53.1. The Bertz CT molecular complexity index is 3970. The van der Waals surface area contributed by atoms with Gasteiger partial charge < -0.3 is 99.9 Å². The molecule has 24 saturated carbocycles.